The summed E-state index contributed by atoms with van der Waals surface area (Å²) in [4.78, 5) is 12.4. The fraction of sp³-hybridized carbons (Fsp3) is 0.562. The van der Waals surface area contributed by atoms with Gasteiger partial charge < -0.3 is 10.6 Å². The van der Waals surface area contributed by atoms with Crippen LogP contribution in [0, 0.1) is 11.8 Å². The van der Waals surface area contributed by atoms with Crippen molar-refractivity contribution in [3.05, 3.63) is 35.4 Å². The summed E-state index contributed by atoms with van der Waals surface area (Å²) in [7, 11) is 0. The zero-order valence-corrected chi connectivity index (χ0v) is 11.5. The molecule has 0 radical (unpaired) electrons. The van der Waals surface area contributed by atoms with Crippen LogP contribution in [0.4, 0.5) is 0 Å². The molecule has 0 bridgehead atoms. The van der Waals surface area contributed by atoms with Crippen molar-refractivity contribution in [1.29, 1.82) is 0 Å². The molecule has 1 aliphatic carbocycles. The predicted molar refractivity (Wildman–Crippen MR) is 75.8 cm³/mol. The minimum absolute atomic E-state index is 0.0312. The van der Waals surface area contributed by atoms with E-state index in [-0.39, 0.29) is 11.8 Å². The van der Waals surface area contributed by atoms with E-state index in [2.05, 4.69) is 29.7 Å². The topological polar surface area (TPSA) is 41.1 Å². The van der Waals surface area contributed by atoms with Crippen LogP contribution in [0.5, 0.6) is 0 Å². The van der Waals surface area contributed by atoms with Crippen molar-refractivity contribution >= 4 is 5.91 Å². The molecule has 0 saturated heterocycles. The second-order valence-electron chi connectivity index (χ2n) is 5.94. The summed E-state index contributed by atoms with van der Waals surface area (Å²) in [5.74, 6) is 1.61. The molecule has 1 saturated carbocycles. The number of carbonyl (C=O) groups is 1. The van der Waals surface area contributed by atoms with Gasteiger partial charge in [-0.05, 0) is 35.8 Å². The summed E-state index contributed by atoms with van der Waals surface area (Å²) in [6, 6.07) is 8.26. The third-order valence-corrected chi connectivity index (χ3v) is 4.44. The maximum absolute atomic E-state index is 12.4. The average molecular weight is 258 g/mol. The molecule has 1 heterocycles. The third-order valence-electron chi connectivity index (χ3n) is 4.44. The summed E-state index contributed by atoms with van der Waals surface area (Å²) in [6.07, 6.45) is 2.68. The van der Waals surface area contributed by atoms with Crippen LogP contribution < -0.4 is 10.6 Å². The van der Waals surface area contributed by atoms with E-state index in [4.69, 9.17) is 0 Å². The Bertz CT molecular complexity index is 468. The van der Waals surface area contributed by atoms with Crippen molar-refractivity contribution in [2.45, 2.75) is 32.2 Å². The van der Waals surface area contributed by atoms with Crippen LogP contribution in [0.25, 0.3) is 0 Å². The van der Waals surface area contributed by atoms with E-state index in [9.17, 15) is 4.79 Å². The quantitative estimate of drug-likeness (QED) is 0.867. The van der Waals surface area contributed by atoms with Gasteiger partial charge in [0, 0.05) is 19.6 Å². The largest absolute Gasteiger partial charge is 0.355 e. The van der Waals surface area contributed by atoms with Gasteiger partial charge in [-0.2, -0.15) is 0 Å². The highest BCUT2D eigenvalue weighted by molar-refractivity contribution is 5.84. The molecule has 1 amide bonds. The number of fused-ring (bicyclic) bond motifs is 1. The maximum atomic E-state index is 12.4. The lowest BCUT2D eigenvalue weighted by atomic mass is 9.90. The molecule has 1 aliphatic heterocycles. The molecule has 1 aromatic carbocycles. The van der Waals surface area contributed by atoms with Gasteiger partial charge in [-0.15, -0.1) is 0 Å². The number of rotatable bonds is 4. The number of hydrogen-bond acceptors (Lipinski definition) is 2. The molecule has 1 fully saturated rings. The van der Waals surface area contributed by atoms with E-state index < -0.39 is 0 Å². The standard InChI is InChI=1S/C16H22N2O/c1-11(12-6-7-12)8-18-16(19)15-10-17-9-13-4-2-3-5-14(13)15/h2-5,11-12,15,17H,6-10H2,1H3,(H,18,19). The molecule has 3 nitrogen and oxygen atoms in total. The van der Waals surface area contributed by atoms with Crippen LogP contribution in [0.2, 0.25) is 0 Å². The summed E-state index contributed by atoms with van der Waals surface area (Å²) >= 11 is 0. The van der Waals surface area contributed by atoms with Gasteiger partial charge in [0.15, 0.2) is 0 Å². The molecular weight excluding hydrogens is 236 g/mol. The Balaban J connectivity index is 1.63. The molecule has 2 unspecified atom stereocenters. The Kier molecular flexibility index (Phi) is 3.56. The Morgan fingerprint density at radius 1 is 1.42 bits per heavy atom. The fourth-order valence-corrected chi connectivity index (χ4v) is 2.95. The van der Waals surface area contributed by atoms with E-state index in [1.54, 1.807) is 0 Å². The highest BCUT2D eigenvalue weighted by Gasteiger charge is 2.30. The lowest BCUT2D eigenvalue weighted by molar-refractivity contribution is -0.122. The molecular formula is C16H22N2O. The van der Waals surface area contributed by atoms with Gasteiger partial charge in [-0.1, -0.05) is 31.2 Å². The highest BCUT2D eigenvalue weighted by Crippen LogP contribution is 2.36. The molecule has 2 aliphatic rings. The van der Waals surface area contributed by atoms with Crippen LogP contribution >= 0.6 is 0 Å². The minimum atomic E-state index is -0.0312. The summed E-state index contributed by atoms with van der Waals surface area (Å²) in [5.41, 5.74) is 2.45. The first kappa shape index (κ1) is 12.7. The summed E-state index contributed by atoms with van der Waals surface area (Å²) in [5, 5.41) is 6.47. The van der Waals surface area contributed by atoms with E-state index in [1.165, 1.54) is 24.0 Å². The molecule has 0 spiro atoms. The number of amides is 1. The number of hydrogen-bond donors (Lipinski definition) is 2. The smallest absolute Gasteiger partial charge is 0.228 e. The van der Waals surface area contributed by atoms with Crippen LogP contribution in [-0.4, -0.2) is 19.0 Å². The normalized spacial score (nSPS) is 23.5. The average Bonchev–Trinajstić information content (AvgIpc) is 3.28. The first-order valence-corrected chi connectivity index (χ1v) is 7.32. The van der Waals surface area contributed by atoms with E-state index in [0.29, 0.717) is 5.92 Å². The Morgan fingerprint density at radius 3 is 3.00 bits per heavy atom. The maximum Gasteiger partial charge on any atom is 0.228 e. The Hall–Kier alpha value is -1.35. The lowest BCUT2D eigenvalue weighted by Crippen LogP contribution is -2.40. The summed E-state index contributed by atoms with van der Waals surface area (Å²) < 4.78 is 0. The molecule has 1 aromatic rings. The van der Waals surface area contributed by atoms with Crippen molar-refractivity contribution in [3.8, 4) is 0 Å². The highest BCUT2D eigenvalue weighted by atomic mass is 16.1. The SMILES string of the molecule is CC(CNC(=O)C1CNCc2ccccc21)C1CC1. The first-order chi connectivity index (χ1) is 9.25. The molecule has 102 valence electrons. The molecule has 2 N–H and O–H groups in total. The zero-order valence-electron chi connectivity index (χ0n) is 11.5. The summed E-state index contributed by atoms with van der Waals surface area (Å²) in [6.45, 7) is 4.69. The minimum Gasteiger partial charge on any atom is -0.355 e. The van der Waals surface area contributed by atoms with Crippen molar-refractivity contribution in [3.63, 3.8) is 0 Å². The second kappa shape index (κ2) is 5.33. The van der Waals surface area contributed by atoms with Crippen molar-refractivity contribution < 1.29 is 4.79 Å². The van der Waals surface area contributed by atoms with Crippen molar-refractivity contribution in [2.75, 3.05) is 13.1 Å². The van der Waals surface area contributed by atoms with E-state index >= 15 is 0 Å². The van der Waals surface area contributed by atoms with E-state index in [1.807, 2.05) is 12.1 Å². The zero-order chi connectivity index (χ0) is 13.2. The van der Waals surface area contributed by atoms with Gasteiger partial charge in [0.05, 0.1) is 5.92 Å². The molecule has 19 heavy (non-hydrogen) atoms. The Labute approximate surface area is 114 Å². The predicted octanol–water partition coefficient (Wildman–Crippen LogP) is 2.04. The monoisotopic (exact) mass is 258 g/mol. The van der Waals surface area contributed by atoms with Crippen LogP contribution in [0.15, 0.2) is 24.3 Å². The van der Waals surface area contributed by atoms with Gasteiger partial charge in [-0.25, -0.2) is 0 Å². The number of nitrogens with one attached hydrogen (secondary N) is 2. The molecule has 3 rings (SSSR count). The Morgan fingerprint density at radius 2 is 2.21 bits per heavy atom. The number of benzene rings is 1. The van der Waals surface area contributed by atoms with Crippen molar-refractivity contribution in [1.82, 2.24) is 10.6 Å². The third kappa shape index (κ3) is 2.81. The molecule has 2 atom stereocenters. The number of carbonyl (C=O) groups excluding carboxylic acids is 1. The second-order valence-corrected chi connectivity index (χ2v) is 5.94. The van der Waals surface area contributed by atoms with Crippen LogP contribution in [-0.2, 0) is 11.3 Å². The fourth-order valence-electron chi connectivity index (χ4n) is 2.95. The van der Waals surface area contributed by atoms with Gasteiger partial charge in [0.1, 0.15) is 0 Å². The first-order valence-electron chi connectivity index (χ1n) is 7.32. The van der Waals surface area contributed by atoms with Gasteiger partial charge in [-0.3, -0.25) is 4.79 Å². The van der Waals surface area contributed by atoms with Crippen molar-refractivity contribution in [2.24, 2.45) is 11.8 Å². The van der Waals surface area contributed by atoms with Gasteiger partial charge >= 0.3 is 0 Å². The van der Waals surface area contributed by atoms with Crippen LogP contribution in [0.1, 0.15) is 36.8 Å². The van der Waals surface area contributed by atoms with Gasteiger partial charge in [0.2, 0.25) is 5.91 Å². The molecule has 3 heteroatoms. The lowest BCUT2D eigenvalue weighted by Gasteiger charge is -2.26. The molecule has 0 aromatic heterocycles. The van der Waals surface area contributed by atoms with E-state index in [0.717, 1.165) is 25.6 Å². The van der Waals surface area contributed by atoms with Crippen LogP contribution in [0.3, 0.4) is 0 Å². The van der Waals surface area contributed by atoms with Gasteiger partial charge in [0.25, 0.3) is 0 Å².